The first-order valence-electron chi connectivity index (χ1n) is 47.7. The molecule has 748 valence electrons. The number of fused-ring (bicyclic) bond motifs is 3. The molecule has 3 fully saturated rings. The zero-order chi connectivity index (χ0) is 101. The normalized spacial score (nSPS) is 14.5. The number of likely N-dealkylation sites (N-methyl/N-ethyl adjacent to an activating group) is 2. The number of nitrogens with zero attached hydrogens (tertiary/aromatic N) is 12. The van der Waals surface area contributed by atoms with Gasteiger partial charge in [-0.25, -0.2) is 28.1 Å². The van der Waals surface area contributed by atoms with E-state index in [1.165, 1.54) is 33.4 Å². The van der Waals surface area contributed by atoms with Crippen LogP contribution in [-0.2, 0) is 51.1 Å². The molecule has 0 radical (unpaired) electrons. The summed E-state index contributed by atoms with van der Waals surface area (Å²) in [7, 11) is 7.83. The molecule has 35 heteroatoms. The van der Waals surface area contributed by atoms with Gasteiger partial charge in [0.2, 0.25) is 17.7 Å². The van der Waals surface area contributed by atoms with Gasteiger partial charge < -0.3 is 55.2 Å². The van der Waals surface area contributed by atoms with Crippen LogP contribution in [0.5, 0.6) is 5.75 Å². The number of carbonyl (C=O) groups is 3. The molecule has 4 N–H and O–H groups in total. The van der Waals surface area contributed by atoms with E-state index in [0.29, 0.717) is 196 Å². The van der Waals surface area contributed by atoms with Gasteiger partial charge in [-0.2, -0.15) is 24.9 Å². The lowest BCUT2D eigenvalue weighted by molar-refractivity contribution is -0.140. The maximum Gasteiger partial charge on any atom is 0.419 e. The first kappa shape index (κ1) is 106. The Balaban J connectivity index is 0.000000170. The molecule has 0 spiro atoms. The zero-order valence-electron chi connectivity index (χ0n) is 79.7. The minimum absolute atomic E-state index is 0.0314. The molecule has 3 atom stereocenters. The highest BCUT2D eigenvalue weighted by Gasteiger charge is 2.38. The van der Waals surface area contributed by atoms with Gasteiger partial charge in [0.1, 0.15) is 40.7 Å². The van der Waals surface area contributed by atoms with Crippen molar-refractivity contribution in [3.8, 4) is 22.8 Å². The number of pyridine rings is 1. The highest BCUT2D eigenvalue weighted by molar-refractivity contribution is 7.99. The van der Waals surface area contributed by atoms with Crippen molar-refractivity contribution in [2.75, 3.05) is 118 Å². The number of ether oxygens (including phenoxy) is 2. The van der Waals surface area contributed by atoms with Gasteiger partial charge >= 0.3 is 6.18 Å². The summed E-state index contributed by atoms with van der Waals surface area (Å²) in [6, 6.07) is 55.4. The van der Waals surface area contributed by atoms with E-state index in [0.717, 1.165) is 86.4 Å². The van der Waals surface area contributed by atoms with Crippen molar-refractivity contribution in [3.63, 3.8) is 0 Å². The summed E-state index contributed by atoms with van der Waals surface area (Å²) >= 11 is 26.9. The molecule has 0 aliphatic carbocycles. The summed E-state index contributed by atoms with van der Waals surface area (Å²) in [5.41, 5.74) is 2.91. The van der Waals surface area contributed by atoms with Gasteiger partial charge in [0, 0.05) is 76.5 Å². The van der Waals surface area contributed by atoms with Crippen LogP contribution in [-0.4, -0.2) is 212 Å². The average Bonchev–Trinajstić information content (AvgIpc) is 0.765. The van der Waals surface area contributed by atoms with Crippen molar-refractivity contribution in [2.45, 2.75) is 133 Å². The molecule has 142 heavy (non-hydrogen) atoms. The van der Waals surface area contributed by atoms with Crippen molar-refractivity contribution < 1.29 is 50.2 Å². The average molecular weight is 2040 g/mol. The van der Waals surface area contributed by atoms with E-state index in [4.69, 9.17) is 70.8 Å². The number of rotatable bonds is 37. The van der Waals surface area contributed by atoms with E-state index < -0.39 is 59.6 Å². The third-order valence-electron chi connectivity index (χ3n) is 25.3. The fraction of sp³-hybridized carbons (Fsp3) is 0.364. The third-order valence-corrected chi connectivity index (χ3v) is 27.9. The number of thioether (sulfide) groups is 1. The molecular formula is C107H116Cl4F6N16O8S. The molecule has 0 bridgehead atoms. The lowest BCUT2D eigenvalue weighted by Crippen LogP contribution is -2.45. The Morgan fingerprint density at radius 3 is 1.27 bits per heavy atom. The molecular weight excluding hydrogens is 1930 g/mol. The lowest BCUT2D eigenvalue weighted by atomic mass is 10.0. The Labute approximate surface area is 845 Å². The molecule has 3 unspecified atom stereocenters. The number of hydrogen-bond donors (Lipinski definition) is 4. The van der Waals surface area contributed by atoms with Crippen LogP contribution in [0, 0.1) is 17.5 Å². The number of alkyl halides is 3. The largest absolute Gasteiger partial charge is 0.494 e. The van der Waals surface area contributed by atoms with E-state index in [9.17, 15) is 55.1 Å². The highest BCUT2D eigenvalue weighted by atomic mass is 35.5. The van der Waals surface area contributed by atoms with E-state index in [2.05, 4.69) is 26.3 Å². The molecule has 24 nitrogen and oxygen atoms in total. The summed E-state index contributed by atoms with van der Waals surface area (Å²) in [6.07, 6.45) is 5.30. The van der Waals surface area contributed by atoms with Gasteiger partial charge in [0.05, 0.1) is 119 Å². The number of amides is 3. The van der Waals surface area contributed by atoms with Gasteiger partial charge in [-0.1, -0.05) is 107 Å². The number of benzene rings is 9. The smallest absolute Gasteiger partial charge is 0.419 e. The Hall–Kier alpha value is -11.4. The predicted molar refractivity (Wildman–Crippen MR) is 550 cm³/mol. The fourth-order valence-electron chi connectivity index (χ4n) is 17.9. The van der Waals surface area contributed by atoms with Crippen LogP contribution in [0.4, 0.5) is 26.3 Å². The monoisotopic (exact) mass is 2040 g/mol. The number of piperidine rings is 1. The maximum absolute atomic E-state index is 14.7. The molecule has 3 saturated heterocycles. The van der Waals surface area contributed by atoms with Gasteiger partial charge in [0.15, 0.2) is 0 Å². The first-order valence-corrected chi connectivity index (χ1v) is 50.4. The molecule has 3 aliphatic heterocycles. The first-order chi connectivity index (χ1) is 68.5. The second kappa shape index (κ2) is 51.2. The van der Waals surface area contributed by atoms with Crippen molar-refractivity contribution >= 4 is 109 Å². The van der Waals surface area contributed by atoms with E-state index in [-0.39, 0.29) is 65.3 Å². The van der Waals surface area contributed by atoms with Crippen LogP contribution < -0.4 is 42.7 Å². The molecule has 7 heterocycles. The Morgan fingerprint density at radius 1 is 0.472 bits per heavy atom. The predicted octanol–water partition coefficient (Wildman–Crippen LogP) is 18.4. The Kier molecular flexibility index (Phi) is 38.3. The number of para-hydroxylation sites is 3. The van der Waals surface area contributed by atoms with Crippen LogP contribution in [0.15, 0.2) is 239 Å². The van der Waals surface area contributed by atoms with Crippen LogP contribution in [0.3, 0.4) is 0 Å². The van der Waals surface area contributed by atoms with Gasteiger partial charge in [-0.3, -0.25) is 47.5 Å². The third kappa shape index (κ3) is 28.4. The van der Waals surface area contributed by atoms with Crippen molar-refractivity contribution in [1.82, 2.24) is 79.4 Å². The summed E-state index contributed by atoms with van der Waals surface area (Å²) in [5, 5.41) is 17.2. The number of aromatic nitrogens is 7. The molecule has 3 aliphatic rings. The standard InChI is InChI=1S/C39H39F4N5O4.C34H39Cl2FN6O2.C34H38Cl2FN5O2S/c1-2-52-30-12-10-29(11-13-30)48-37(46-34-8-4-3-7-31(34)38(48)50)35(15-19-45-28-16-20-51-21-17-28)47(25-27-6-5-18-44-24-27)36(49)23-26-9-14-32(33(40)22-26)39(41,42)43;1-41(2)19-20-42(32(44)22-23-7-12-28(35)29(36)21-23)31(15-18-39-25-13-16-38-17-14-25)33-40-30-6-4-3-5-27(30)34(45)43(33)26-10-8-24(37)9-11-26;1-40(2)17-18-41(32(43)22-23-7-12-28(35)29(36)21-23)31(13-16-38-25-14-19-45-20-15-25)33-39-30-6-4-3-5-27(30)34(44)42(33)26-10-8-24(37)9-11-26/h3-14,18,22,24,28,35,45H,2,15-17,19-21,23,25H2,1H3;3-12,21,25,31,38-39H,13-20,22H2,1-2H3;3-12,21,25,31,38H,13-20,22H2,1-2H3. The van der Waals surface area contributed by atoms with Crippen LogP contribution in [0.1, 0.15) is 128 Å². The van der Waals surface area contributed by atoms with Crippen LogP contribution in [0.25, 0.3) is 49.8 Å². The number of carbonyl (C=O) groups excluding carboxylic acids is 3. The van der Waals surface area contributed by atoms with E-state index in [1.54, 1.807) is 174 Å². The van der Waals surface area contributed by atoms with Crippen molar-refractivity contribution in [2.24, 2.45) is 0 Å². The fourth-order valence-corrected chi connectivity index (χ4v) is 19.6. The Bertz CT molecular complexity index is 6390. The van der Waals surface area contributed by atoms with Gasteiger partial charge in [-0.05, 0) is 311 Å². The zero-order valence-corrected chi connectivity index (χ0v) is 83.6. The lowest BCUT2D eigenvalue weighted by Gasteiger charge is -2.34. The minimum atomic E-state index is -4.88. The van der Waals surface area contributed by atoms with Crippen LogP contribution in [0.2, 0.25) is 20.1 Å². The number of hydrogen-bond acceptors (Lipinski definition) is 19. The summed E-state index contributed by atoms with van der Waals surface area (Å²) < 4.78 is 98.6. The van der Waals surface area contributed by atoms with Crippen LogP contribution >= 0.6 is 58.2 Å². The molecule has 9 aromatic carbocycles. The number of halogens is 10. The van der Waals surface area contributed by atoms with Crippen molar-refractivity contribution in [3.05, 3.63) is 339 Å². The Morgan fingerprint density at radius 2 is 0.866 bits per heavy atom. The highest BCUT2D eigenvalue weighted by Crippen LogP contribution is 2.37. The molecule has 16 rings (SSSR count). The molecule has 4 aromatic heterocycles. The molecule has 13 aromatic rings. The summed E-state index contributed by atoms with van der Waals surface area (Å²) in [4.78, 5) is 114. The number of nitrogens with one attached hydrogen (secondary N) is 4. The molecule has 0 saturated carbocycles. The van der Waals surface area contributed by atoms with E-state index in [1.807, 2.05) is 84.7 Å². The SMILES string of the molecule is CCOc1ccc(-n2c(C(CCNC3CCOCC3)N(Cc3cccnc3)C(=O)Cc3ccc(C(F)(F)F)c(F)c3)nc3ccccc3c2=O)cc1.CN(C)CCN(C(=O)Cc1ccc(Cl)c(Cl)c1)C(CCNC1CCNCC1)c1nc2ccccc2c(=O)n1-c1ccc(F)cc1.CN(C)CCN(C(=O)Cc1ccc(Cl)c(Cl)c1)C(CCNC1CCSCC1)c1nc2ccccc2c(=O)n1-c1ccc(F)cc1. The van der Waals surface area contributed by atoms with Gasteiger partial charge in [0.25, 0.3) is 16.7 Å². The maximum atomic E-state index is 14.7. The summed E-state index contributed by atoms with van der Waals surface area (Å²) in [6.45, 7) is 9.20. The second-order valence-corrected chi connectivity index (χ2v) is 38.7. The molecule has 3 amide bonds. The topological polar surface area (TPSA) is 252 Å². The minimum Gasteiger partial charge on any atom is -0.494 e. The van der Waals surface area contributed by atoms with Crippen molar-refractivity contribution in [1.29, 1.82) is 0 Å². The quantitative estimate of drug-likeness (QED) is 0.0264. The van der Waals surface area contributed by atoms with E-state index >= 15 is 0 Å². The van der Waals surface area contributed by atoms with Gasteiger partial charge in [-0.15, -0.1) is 0 Å². The second-order valence-electron chi connectivity index (χ2n) is 35.8. The summed E-state index contributed by atoms with van der Waals surface area (Å²) in [5.74, 6) is 0.981.